The summed E-state index contributed by atoms with van der Waals surface area (Å²) in [5.41, 5.74) is 3.67. The quantitative estimate of drug-likeness (QED) is 0.167. The van der Waals surface area contributed by atoms with Crippen molar-refractivity contribution in [1.82, 2.24) is 25.2 Å². The predicted molar refractivity (Wildman–Crippen MR) is 166 cm³/mol. The van der Waals surface area contributed by atoms with E-state index in [2.05, 4.69) is 26.0 Å². The minimum Gasteiger partial charge on any atom is -0.492 e. The van der Waals surface area contributed by atoms with Gasteiger partial charge in [0.15, 0.2) is 5.65 Å². The van der Waals surface area contributed by atoms with Crippen LogP contribution in [-0.2, 0) is 6.54 Å². The first kappa shape index (κ1) is 30.2. The van der Waals surface area contributed by atoms with Crippen LogP contribution in [0.3, 0.4) is 0 Å². The van der Waals surface area contributed by atoms with Gasteiger partial charge >= 0.3 is 0 Å². The Morgan fingerprint density at radius 2 is 1.59 bits per heavy atom. The van der Waals surface area contributed by atoms with E-state index in [9.17, 15) is 19.1 Å². The number of aromatic nitrogens is 3. The van der Waals surface area contributed by atoms with Crippen molar-refractivity contribution < 1.29 is 23.8 Å². The van der Waals surface area contributed by atoms with Gasteiger partial charge in [0, 0.05) is 36.0 Å². The molecule has 0 fully saturated rings. The van der Waals surface area contributed by atoms with Gasteiger partial charge in [-0.05, 0) is 86.5 Å². The number of nitrogens with zero attached hydrogens (tertiary/aromatic N) is 3. The molecule has 226 valence electrons. The van der Waals surface area contributed by atoms with Gasteiger partial charge in [-0.1, -0.05) is 24.3 Å². The highest BCUT2D eigenvalue weighted by Crippen LogP contribution is 2.29. The zero-order valence-electron chi connectivity index (χ0n) is 24.6. The van der Waals surface area contributed by atoms with Crippen molar-refractivity contribution in [3.63, 3.8) is 0 Å². The van der Waals surface area contributed by atoms with Gasteiger partial charge in [-0.2, -0.15) is 4.98 Å². The molecule has 2 amide bonds. The smallest absolute Gasteiger partial charge is 0.251 e. The molecule has 2 heterocycles. The Morgan fingerprint density at radius 3 is 2.30 bits per heavy atom. The minimum atomic E-state index is -1.03. The van der Waals surface area contributed by atoms with Crippen molar-refractivity contribution in [1.29, 1.82) is 0 Å². The van der Waals surface area contributed by atoms with E-state index in [-0.39, 0.29) is 24.2 Å². The second kappa shape index (κ2) is 12.9. The maximum absolute atomic E-state index is 13.1. The topological polar surface area (TPSA) is 130 Å². The van der Waals surface area contributed by atoms with Crippen LogP contribution in [0.5, 0.6) is 5.75 Å². The molecule has 0 bridgehead atoms. The summed E-state index contributed by atoms with van der Waals surface area (Å²) in [5, 5.41) is 23.2. The Labute approximate surface area is 253 Å². The molecule has 2 aromatic heterocycles. The number of nitrogens with one attached hydrogen (secondary N) is 3. The third-order valence-corrected chi connectivity index (χ3v) is 6.65. The normalized spacial score (nSPS) is 11.3. The Morgan fingerprint density at radius 1 is 0.909 bits per heavy atom. The van der Waals surface area contributed by atoms with E-state index in [0.29, 0.717) is 47.3 Å². The van der Waals surface area contributed by atoms with Gasteiger partial charge in [-0.3, -0.25) is 9.59 Å². The number of pyridine rings is 1. The lowest BCUT2D eigenvalue weighted by Crippen LogP contribution is -2.38. The van der Waals surface area contributed by atoms with E-state index < -0.39 is 5.60 Å². The highest BCUT2D eigenvalue weighted by atomic mass is 19.1. The maximum atomic E-state index is 13.1. The summed E-state index contributed by atoms with van der Waals surface area (Å²) in [5.74, 6) is -0.0603. The van der Waals surface area contributed by atoms with Gasteiger partial charge in [0.25, 0.3) is 11.8 Å². The number of fused-ring (bicyclic) bond motifs is 1. The second-order valence-electron chi connectivity index (χ2n) is 10.8. The van der Waals surface area contributed by atoms with Crippen molar-refractivity contribution in [2.75, 3.05) is 18.5 Å². The summed E-state index contributed by atoms with van der Waals surface area (Å²) < 4.78 is 20.5. The van der Waals surface area contributed by atoms with E-state index in [1.165, 1.54) is 12.1 Å². The van der Waals surface area contributed by atoms with Crippen LogP contribution < -0.4 is 20.7 Å². The molecule has 0 aliphatic carbocycles. The number of halogens is 1. The van der Waals surface area contributed by atoms with E-state index in [1.54, 1.807) is 60.8 Å². The lowest BCUT2D eigenvalue weighted by molar-refractivity contribution is 0.0694. The van der Waals surface area contributed by atoms with Gasteiger partial charge in [-0.25, -0.2) is 8.91 Å². The van der Waals surface area contributed by atoms with E-state index in [0.717, 1.165) is 16.7 Å². The first-order valence-corrected chi connectivity index (χ1v) is 14.1. The highest BCUT2D eigenvalue weighted by molar-refractivity contribution is 5.95. The van der Waals surface area contributed by atoms with Gasteiger partial charge in [0.2, 0.25) is 5.95 Å². The third kappa shape index (κ3) is 7.56. The fraction of sp³-hybridized carbons (Fsp3) is 0.212. The van der Waals surface area contributed by atoms with Crippen molar-refractivity contribution in [2.45, 2.75) is 32.9 Å². The zero-order chi connectivity index (χ0) is 31.3. The number of amides is 2. The first-order valence-electron chi connectivity index (χ1n) is 14.1. The highest BCUT2D eigenvalue weighted by Gasteiger charge is 2.17. The van der Waals surface area contributed by atoms with Crippen molar-refractivity contribution in [3.8, 4) is 16.9 Å². The lowest BCUT2D eigenvalue weighted by Gasteiger charge is -2.18. The van der Waals surface area contributed by atoms with Gasteiger partial charge < -0.3 is 25.8 Å². The van der Waals surface area contributed by atoms with E-state index >= 15 is 0 Å². The molecule has 4 N–H and O–H groups in total. The van der Waals surface area contributed by atoms with Crippen LogP contribution in [0.15, 0.2) is 85.1 Å². The van der Waals surface area contributed by atoms with Gasteiger partial charge in [0.1, 0.15) is 11.6 Å². The van der Waals surface area contributed by atoms with Crippen LogP contribution in [0, 0.1) is 5.82 Å². The SMILES string of the molecule is CCOc1cc(C(=O)NCC(C)(C)O)ccc1Nc1nc2ccc(-c3ccc(C(=O)NCc4ccc(F)cc4)cc3)cn2n1. The summed E-state index contributed by atoms with van der Waals surface area (Å²) in [6.45, 7) is 5.89. The van der Waals surface area contributed by atoms with Crippen molar-refractivity contribution in [3.05, 3.63) is 108 Å². The molecule has 10 nitrogen and oxygen atoms in total. The number of carbonyl (C=O) groups excluding carboxylic acids is 2. The monoisotopic (exact) mass is 596 g/mol. The summed E-state index contributed by atoms with van der Waals surface area (Å²) in [4.78, 5) is 29.7. The summed E-state index contributed by atoms with van der Waals surface area (Å²) in [6, 6.07) is 22.0. The number of anilines is 2. The molecular formula is C33H33FN6O4. The molecule has 11 heteroatoms. The second-order valence-corrected chi connectivity index (χ2v) is 10.8. The molecule has 5 aromatic rings. The summed E-state index contributed by atoms with van der Waals surface area (Å²) >= 11 is 0. The Hall–Kier alpha value is -5.29. The maximum Gasteiger partial charge on any atom is 0.251 e. The number of hydrogen-bond acceptors (Lipinski definition) is 7. The largest absolute Gasteiger partial charge is 0.492 e. The summed E-state index contributed by atoms with van der Waals surface area (Å²) in [6.07, 6.45) is 1.84. The Bertz CT molecular complexity index is 1780. The molecule has 0 aliphatic rings. The van der Waals surface area contributed by atoms with Crippen molar-refractivity contribution in [2.24, 2.45) is 0 Å². The molecular weight excluding hydrogens is 563 g/mol. The molecule has 0 aliphatic heterocycles. The van der Waals surface area contributed by atoms with Gasteiger partial charge in [0.05, 0.1) is 17.9 Å². The summed E-state index contributed by atoms with van der Waals surface area (Å²) in [7, 11) is 0. The number of hydrogen-bond donors (Lipinski definition) is 4. The Balaban J connectivity index is 1.27. The first-order chi connectivity index (χ1) is 21.1. The number of ether oxygens (including phenoxy) is 1. The Kier molecular flexibility index (Phi) is 8.86. The van der Waals surface area contributed by atoms with Crippen LogP contribution in [0.2, 0.25) is 0 Å². The van der Waals surface area contributed by atoms with Crippen molar-refractivity contribution >= 4 is 29.1 Å². The molecule has 44 heavy (non-hydrogen) atoms. The molecule has 0 unspecified atom stereocenters. The predicted octanol–water partition coefficient (Wildman–Crippen LogP) is 5.11. The lowest BCUT2D eigenvalue weighted by atomic mass is 10.1. The zero-order valence-corrected chi connectivity index (χ0v) is 24.6. The average molecular weight is 597 g/mol. The minimum absolute atomic E-state index is 0.112. The molecule has 0 radical (unpaired) electrons. The van der Waals surface area contributed by atoms with Crippen LogP contribution >= 0.6 is 0 Å². The molecule has 3 aromatic carbocycles. The molecule has 0 atom stereocenters. The molecule has 0 saturated heterocycles. The number of benzene rings is 3. The van der Waals surface area contributed by atoms with Crippen LogP contribution in [0.4, 0.5) is 16.0 Å². The third-order valence-electron chi connectivity index (χ3n) is 6.65. The number of aliphatic hydroxyl groups is 1. The number of rotatable bonds is 11. The van der Waals surface area contributed by atoms with Gasteiger partial charge in [-0.15, -0.1) is 5.10 Å². The van der Waals surface area contributed by atoms with Crippen LogP contribution in [0.25, 0.3) is 16.8 Å². The fourth-order valence-corrected chi connectivity index (χ4v) is 4.37. The van der Waals surface area contributed by atoms with Crippen LogP contribution in [-0.4, -0.2) is 50.3 Å². The molecule has 0 saturated carbocycles. The van der Waals surface area contributed by atoms with E-state index in [1.807, 2.05) is 37.4 Å². The fourth-order valence-electron chi connectivity index (χ4n) is 4.37. The van der Waals surface area contributed by atoms with E-state index in [4.69, 9.17) is 4.74 Å². The average Bonchev–Trinajstić information content (AvgIpc) is 3.42. The molecule has 0 spiro atoms. The standard InChI is InChI=1S/C33H33FN6O4/c1-4-44-28-17-24(31(42)36-20-33(2,3)43)11-15-27(28)37-32-38-29-16-12-25(19-40(29)39-32)22-7-9-23(10-8-22)30(41)35-18-21-5-13-26(34)14-6-21/h5-17,19,43H,4,18,20H2,1-3H3,(H,35,41)(H,36,42)(H,37,39). The van der Waals surface area contributed by atoms with Crippen LogP contribution in [0.1, 0.15) is 47.1 Å². The molecule has 5 rings (SSSR count). The number of carbonyl (C=O) groups is 2.